The monoisotopic (exact) mass is 385 g/mol. The first kappa shape index (κ1) is 19.3. The molecule has 28 heavy (non-hydrogen) atoms. The van der Waals surface area contributed by atoms with Crippen molar-refractivity contribution in [1.29, 1.82) is 0 Å². The molecule has 0 bridgehead atoms. The Bertz CT molecular complexity index is 787. The van der Waals surface area contributed by atoms with E-state index < -0.39 is 0 Å². The maximum absolute atomic E-state index is 5.89. The number of rotatable bonds is 5. The van der Waals surface area contributed by atoms with Gasteiger partial charge in [0.05, 0.1) is 11.7 Å². The van der Waals surface area contributed by atoms with Gasteiger partial charge in [0.25, 0.3) is 5.89 Å². The summed E-state index contributed by atoms with van der Waals surface area (Å²) in [4.78, 5) is 11.4. The quantitative estimate of drug-likeness (QED) is 0.846. The summed E-state index contributed by atoms with van der Waals surface area (Å²) in [6.45, 7) is 5.60. The number of ether oxygens (including phenoxy) is 1. The molecule has 0 spiro atoms. The maximum Gasteiger partial charge on any atom is 0.261 e. The van der Waals surface area contributed by atoms with E-state index >= 15 is 0 Å². The van der Waals surface area contributed by atoms with Crippen molar-refractivity contribution < 1.29 is 9.26 Å². The summed E-state index contributed by atoms with van der Waals surface area (Å²) in [6.07, 6.45) is 9.71. The minimum atomic E-state index is 0.135. The second-order valence-corrected chi connectivity index (χ2v) is 8.15. The van der Waals surface area contributed by atoms with Crippen molar-refractivity contribution in [2.75, 3.05) is 25.1 Å². The van der Waals surface area contributed by atoms with E-state index in [-0.39, 0.29) is 6.10 Å². The molecule has 2 aromatic heterocycles. The van der Waals surface area contributed by atoms with Crippen molar-refractivity contribution in [3.63, 3.8) is 0 Å². The van der Waals surface area contributed by atoms with Gasteiger partial charge in [-0.05, 0) is 44.7 Å². The average Bonchev–Trinajstić information content (AvgIpc) is 3.15. The summed E-state index contributed by atoms with van der Waals surface area (Å²) in [5.74, 6) is 2.06. The number of aromatic nitrogens is 3. The van der Waals surface area contributed by atoms with Crippen LogP contribution in [0.2, 0.25) is 0 Å². The molecule has 2 aliphatic rings. The van der Waals surface area contributed by atoms with Gasteiger partial charge in [0.1, 0.15) is 5.82 Å². The van der Waals surface area contributed by atoms with Gasteiger partial charge < -0.3 is 19.5 Å². The van der Waals surface area contributed by atoms with E-state index in [1.54, 1.807) is 0 Å². The first-order valence-corrected chi connectivity index (χ1v) is 10.4. The average molecular weight is 386 g/mol. The van der Waals surface area contributed by atoms with Gasteiger partial charge in [0.2, 0.25) is 0 Å². The maximum atomic E-state index is 5.89. The number of nitrogens with zero attached hydrogens (tertiary/aromatic N) is 4. The number of hydrogen-bond acceptors (Lipinski definition) is 7. The third-order valence-corrected chi connectivity index (χ3v) is 5.98. The van der Waals surface area contributed by atoms with Gasteiger partial charge in [-0.25, -0.2) is 4.98 Å². The van der Waals surface area contributed by atoms with Gasteiger partial charge in [-0.1, -0.05) is 24.4 Å². The molecular weight excluding hydrogens is 354 g/mol. The van der Waals surface area contributed by atoms with Crippen molar-refractivity contribution in [2.45, 2.75) is 70.6 Å². The highest BCUT2D eigenvalue weighted by Crippen LogP contribution is 2.31. The summed E-state index contributed by atoms with van der Waals surface area (Å²) >= 11 is 0. The van der Waals surface area contributed by atoms with Crippen LogP contribution in [0.5, 0.6) is 0 Å². The van der Waals surface area contributed by atoms with E-state index in [2.05, 4.69) is 26.4 Å². The molecule has 2 atom stereocenters. The lowest BCUT2D eigenvalue weighted by atomic mass is 9.92. The van der Waals surface area contributed by atoms with Crippen LogP contribution in [0.3, 0.4) is 0 Å². The molecule has 0 amide bonds. The first-order valence-electron chi connectivity index (χ1n) is 10.4. The zero-order valence-corrected chi connectivity index (χ0v) is 17.1. The van der Waals surface area contributed by atoms with Gasteiger partial charge >= 0.3 is 0 Å². The molecule has 2 fully saturated rings. The molecule has 7 heteroatoms. The minimum absolute atomic E-state index is 0.135. The minimum Gasteiger partial charge on any atom is -0.378 e. The second kappa shape index (κ2) is 8.57. The van der Waals surface area contributed by atoms with Crippen molar-refractivity contribution >= 4 is 5.82 Å². The smallest absolute Gasteiger partial charge is 0.261 e. The summed E-state index contributed by atoms with van der Waals surface area (Å²) < 4.78 is 11.3. The molecule has 1 aliphatic carbocycles. The van der Waals surface area contributed by atoms with Crippen LogP contribution in [0.15, 0.2) is 16.8 Å². The van der Waals surface area contributed by atoms with Crippen LogP contribution < -0.4 is 10.2 Å². The van der Waals surface area contributed by atoms with Crippen molar-refractivity contribution in [3.8, 4) is 11.5 Å². The molecule has 0 unspecified atom stereocenters. The van der Waals surface area contributed by atoms with Crippen LogP contribution >= 0.6 is 0 Å². The van der Waals surface area contributed by atoms with Crippen LogP contribution in [-0.2, 0) is 4.74 Å². The molecule has 0 aromatic carbocycles. The number of hydrogen-bond donors (Lipinski definition) is 1. The lowest BCUT2D eigenvalue weighted by Gasteiger charge is -2.41. The van der Waals surface area contributed by atoms with Crippen molar-refractivity contribution in [2.24, 2.45) is 0 Å². The number of pyridine rings is 1. The predicted molar refractivity (Wildman–Crippen MR) is 108 cm³/mol. The second-order valence-electron chi connectivity index (χ2n) is 8.15. The molecule has 2 aromatic rings. The van der Waals surface area contributed by atoms with E-state index in [1.165, 1.54) is 32.1 Å². The van der Waals surface area contributed by atoms with Gasteiger partial charge in [-0.15, -0.1) is 0 Å². The zero-order valence-electron chi connectivity index (χ0n) is 17.1. The van der Waals surface area contributed by atoms with Crippen LogP contribution in [0.25, 0.3) is 11.5 Å². The largest absolute Gasteiger partial charge is 0.378 e. The number of aryl methyl sites for hydroxylation is 2. The summed E-state index contributed by atoms with van der Waals surface area (Å²) in [7, 11) is 1.81. The van der Waals surface area contributed by atoms with Gasteiger partial charge in [-0.3, -0.25) is 0 Å². The van der Waals surface area contributed by atoms with Crippen LogP contribution in [0.1, 0.15) is 49.9 Å². The Hall–Kier alpha value is -1.99. The Balaban J connectivity index is 1.51. The predicted octanol–water partition coefficient (Wildman–Crippen LogP) is 3.26. The Morgan fingerprint density at radius 3 is 2.71 bits per heavy atom. The van der Waals surface area contributed by atoms with Crippen LogP contribution in [-0.4, -0.2) is 53.5 Å². The Morgan fingerprint density at radius 2 is 2.00 bits per heavy atom. The van der Waals surface area contributed by atoms with Gasteiger partial charge in [-0.2, -0.15) is 4.98 Å². The van der Waals surface area contributed by atoms with E-state index in [4.69, 9.17) is 14.2 Å². The SMILES string of the molecule is CO[C@H]1CN(c2ncc(C)cc2-c2nc(C)no2)CC[C@H]1NC1CCCCC1. The van der Waals surface area contributed by atoms with Crippen LogP contribution in [0.4, 0.5) is 5.82 Å². The molecular formula is C21H31N5O2. The highest BCUT2D eigenvalue weighted by atomic mass is 16.5. The Labute approximate surface area is 166 Å². The molecule has 3 heterocycles. The molecule has 152 valence electrons. The molecule has 0 radical (unpaired) electrons. The Kier molecular flexibility index (Phi) is 5.92. The van der Waals surface area contributed by atoms with Crippen molar-refractivity contribution in [3.05, 3.63) is 23.7 Å². The molecule has 1 N–H and O–H groups in total. The zero-order chi connectivity index (χ0) is 19.5. The summed E-state index contributed by atoms with van der Waals surface area (Å²) in [5, 5.41) is 7.83. The standard InChI is InChI=1S/C21H31N5O2/c1-14-11-17(21-23-15(2)25-28-21)20(22-12-14)26-10-9-18(19(13-26)27-3)24-16-7-5-4-6-8-16/h11-12,16,18-19,24H,4-10,13H2,1-3H3/t18-,19+/m1/s1. The van der Waals surface area contributed by atoms with E-state index in [0.29, 0.717) is 23.8 Å². The summed E-state index contributed by atoms with van der Waals surface area (Å²) in [5.41, 5.74) is 1.97. The molecule has 7 nitrogen and oxygen atoms in total. The fourth-order valence-corrected chi connectivity index (χ4v) is 4.49. The normalized spacial score (nSPS) is 23.9. The fourth-order valence-electron chi connectivity index (χ4n) is 4.49. The highest BCUT2D eigenvalue weighted by molar-refractivity contribution is 5.70. The van der Waals surface area contributed by atoms with Crippen molar-refractivity contribution in [1.82, 2.24) is 20.4 Å². The van der Waals surface area contributed by atoms with Gasteiger partial charge in [0, 0.05) is 38.5 Å². The van der Waals surface area contributed by atoms with E-state index in [1.807, 2.05) is 27.2 Å². The fraction of sp³-hybridized carbons (Fsp3) is 0.667. The van der Waals surface area contributed by atoms with E-state index in [0.717, 1.165) is 36.5 Å². The topological polar surface area (TPSA) is 76.3 Å². The third kappa shape index (κ3) is 4.20. The van der Waals surface area contributed by atoms with Crippen LogP contribution in [0, 0.1) is 13.8 Å². The molecule has 1 saturated heterocycles. The lowest BCUT2D eigenvalue weighted by Crippen LogP contribution is -2.56. The molecule has 1 saturated carbocycles. The summed E-state index contributed by atoms with van der Waals surface area (Å²) in [6, 6.07) is 3.10. The number of piperidine rings is 1. The number of anilines is 1. The number of nitrogens with one attached hydrogen (secondary N) is 1. The van der Waals surface area contributed by atoms with Gasteiger partial charge in [0.15, 0.2) is 5.82 Å². The Morgan fingerprint density at radius 1 is 1.18 bits per heavy atom. The lowest BCUT2D eigenvalue weighted by molar-refractivity contribution is 0.0534. The van der Waals surface area contributed by atoms with E-state index in [9.17, 15) is 0 Å². The highest BCUT2D eigenvalue weighted by Gasteiger charge is 2.33. The molecule has 1 aliphatic heterocycles. The number of methoxy groups -OCH3 is 1. The molecule has 4 rings (SSSR count). The third-order valence-electron chi connectivity index (χ3n) is 5.98. The first-order chi connectivity index (χ1) is 13.6.